The summed E-state index contributed by atoms with van der Waals surface area (Å²) in [6.45, 7) is 6.72. The molecule has 1 amide bonds. The monoisotopic (exact) mass is 289 g/mol. The van der Waals surface area contributed by atoms with Crippen molar-refractivity contribution in [3.8, 4) is 0 Å². The molecule has 2 aliphatic rings. The van der Waals surface area contributed by atoms with Gasteiger partial charge >= 0.3 is 0 Å². The first-order valence-corrected chi connectivity index (χ1v) is 7.52. The van der Waals surface area contributed by atoms with E-state index >= 15 is 0 Å². The molecular formula is C16H23N3O2. The van der Waals surface area contributed by atoms with Crippen LogP contribution in [0.3, 0.4) is 0 Å². The van der Waals surface area contributed by atoms with Crippen LogP contribution in [0.15, 0.2) is 18.3 Å². The fraction of sp³-hybridized carbons (Fsp3) is 0.625. The highest BCUT2D eigenvalue weighted by molar-refractivity contribution is 6.00. The molecule has 1 saturated heterocycles. The van der Waals surface area contributed by atoms with Crippen LogP contribution in [-0.4, -0.2) is 29.1 Å². The molecule has 114 valence electrons. The maximum absolute atomic E-state index is 12.8. The van der Waals surface area contributed by atoms with Crippen molar-refractivity contribution < 1.29 is 9.53 Å². The number of anilines is 1. The van der Waals surface area contributed by atoms with Gasteiger partial charge in [0.25, 0.3) is 0 Å². The molecule has 3 unspecified atom stereocenters. The fourth-order valence-corrected chi connectivity index (χ4v) is 3.86. The second-order valence-corrected chi connectivity index (χ2v) is 6.75. The highest BCUT2D eigenvalue weighted by Crippen LogP contribution is 2.57. The Labute approximate surface area is 125 Å². The summed E-state index contributed by atoms with van der Waals surface area (Å²) in [5.74, 6) is 0.523. The molecule has 5 heteroatoms. The number of fused-ring (bicyclic) bond motifs is 1. The van der Waals surface area contributed by atoms with Crippen molar-refractivity contribution in [3.63, 3.8) is 0 Å². The molecule has 3 rings (SSSR count). The number of carbonyl (C=O) groups is 1. The molecule has 0 bridgehead atoms. The summed E-state index contributed by atoms with van der Waals surface area (Å²) < 4.78 is 5.84. The largest absolute Gasteiger partial charge is 0.377 e. The quantitative estimate of drug-likeness (QED) is 0.871. The normalized spacial score (nSPS) is 33.7. The minimum Gasteiger partial charge on any atom is -0.377 e. The molecule has 1 aromatic heterocycles. The summed E-state index contributed by atoms with van der Waals surface area (Å²) in [4.78, 5) is 17.0. The first kappa shape index (κ1) is 14.5. The van der Waals surface area contributed by atoms with E-state index in [9.17, 15) is 4.79 Å². The Morgan fingerprint density at radius 2 is 2.29 bits per heavy atom. The van der Waals surface area contributed by atoms with Gasteiger partial charge in [0.05, 0.1) is 6.10 Å². The van der Waals surface area contributed by atoms with E-state index in [1.807, 2.05) is 32.9 Å². The van der Waals surface area contributed by atoms with Crippen LogP contribution in [-0.2, 0) is 9.53 Å². The van der Waals surface area contributed by atoms with Crippen molar-refractivity contribution in [1.29, 1.82) is 0 Å². The number of nitrogens with zero attached hydrogens (tertiary/aromatic N) is 1. The Balaban J connectivity index is 1.85. The summed E-state index contributed by atoms with van der Waals surface area (Å²) in [7, 11) is 0. The molecule has 1 aliphatic carbocycles. The van der Waals surface area contributed by atoms with Gasteiger partial charge in [-0.25, -0.2) is 4.98 Å². The molecular weight excluding hydrogens is 266 g/mol. The number of nitrogens with two attached hydrogens (primary N) is 1. The average molecular weight is 289 g/mol. The molecule has 3 N–H and O–H groups in total. The molecule has 1 aromatic rings. The number of amides is 1. The summed E-state index contributed by atoms with van der Waals surface area (Å²) in [5, 5.41) is 2.91. The number of nitrogens with one attached hydrogen (secondary N) is 1. The first-order valence-electron chi connectivity index (χ1n) is 7.52. The lowest BCUT2D eigenvalue weighted by Gasteiger charge is -2.65. The van der Waals surface area contributed by atoms with Crippen LogP contribution in [0.25, 0.3) is 0 Å². The predicted octanol–water partition coefficient (Wildman–Crippen LogP) is 1.86. The number of hydrogen-bond acceptors (Lipinski definition) is 4. The zero-order valence-corrected chi connectivity index (χ0v) is 12.8. The lowest BCUT2D eigenvalue weighted by atomic mass is 9.46. The van der Waals surface area contributed by atoms with Crippen molar-refractivity contribution >= 4 is 11.7 Å². The Morgan fingerprint density at radius 3 is 3.00 bits per heavy atom. The Bertz CT molecular complexity index is 572. The van der Waals surface area contributed by atoms with E-state index in [1.165, 1.54) is 0 Å². The van der Waals surface area contributed by atoms with Gasteiger partial charge in [0, 0.05) is 24.1 Å². The van der Waals surface area contributed by atoms with E-state index in [0.29, 0.717) is 5.82 Å². The molecule has 1 saturated carbocycles. The van der Waals surface area contributed by atoms with Crippen LogP contribution >= 0.6 is 0 Å². The van der Waals surface area contributed by atoms with E-state index in [2.05, 4.69) is 10.3 Å². The third kappa shape index (κ3) is 1.91. The van der Waals surface area contributed by atoms with E-state index in [4.69, 9.17) is 10.5 Å². The Kier molecular flexibility index (Phi) is 3.30. The lowest BCUT2D eigenvalue weighted by Crippen LogP contribution is -2.81. The first-order chi connectivity index (χ1) is 9.89. The van der Waals surface area contributed by atoms with Gasteiger partial charge in [0.1, 0.15) is 11.4 Å². The smallest absolute Gasteiger partial charge is 0.246 e. The minimum absolute atomic E-state index is 0.0758. The zero-order chi connectivity index (χ0) is 15.3. The van der Waals surface area contributed by atoms with Gasteiger partial charge in [-0.05, 0) is 31.4 Å². The zero-order valence-electron chi connectivity index (χ0n) is 12.8. The van der Waals surface area contributed by atoms with Crippen LogP contribution in [0.1, 0.15) is 32.3 Å². The predicted molar refractivity (Wildman–Crippen MR) is 80.8 cm³/mol. The topological polar surface area (TPSA) is 77.2 Å². The Morgan fingerprint density at radius 1 is 1.52 bits per heavy atom. The maximum Gasteiger partial charge on any atom is 0.246 e. The van der Waals surface area contributed by atoms with E-state index in [1.54, 1.807) is 6.20 Å². The second-order valence-electron chi connectivity index (χ2n) is 6.75. The van der Waals surface area contributed by atoms with Crippen molar-refractivity contribution in [3.05, 3.63) is 23.9 Å². The number of hydrogen-bond donors (Lipinski definition) is 2. The van der Waals surface area contributed by atoms with Gasteiger partial charge < -0.3 is 15.8 Å². The van der Waals surface area contributed by atoms with Crippen molar-refractivity contribution in [2.45, 2.75) is 45.3 Å². The molecule has 5 nitrogen and oxygen atoms in total. The van der Waals surface area contributed by atoms with E-state index in [-0.39, 0.29) is 23.3 Å². The van der Waals surface area contributed by atoms with Crippen LogP contribution < -0.4 is 11.1 Å². The van der Waals surface area contributed by atoms with E-state index < -0.39 is 5.54 Å². The molecule has 2 fully saturated rings. The van der Waals surface area contributed by atoms with Crippen LogP contribution in [0, 0.1) is 18.3 Å². The molecule has 3 atom stereocenters. The minimum atomic E-state index is -0.901. The highest BCUT2D eigenvalue weighted by Gasteiger charge is 2.70. The third-order valence-corrected chi connectivity index (χ3v) is 5.30. The average Bonchev–Trinajstić information content (AvgIpc) is 2.48. The van der Waals surface area contributed by atoms with Gasteiger partial charge in [0.2, 0.25) is 5.91 Å². The van der Waals surface area contributed by atoms with Crippen molar-refractivity contribution in [2.24, 2.45) is 17.1 Å². The number of aromatic nitrogens is 1. The maximum atomic E-state index is 12.8. The SMILES string of the molecule is Cc1cccnc1NC(=O)C1(N)C2CCCOC2C1(C)C. The number of ether oxygens (including phenoxy) is 1. The van der Waals surface area contributed by atoms with Gasteiger partial charge in [-0.3, -0.25) is 4.79 Å². The summed E-state index contributed by atoms with van der Waals surface area (Å²) in [6, 6.07) is 3.77. The number of carbonyl (C=O) groups excluding carboxylic acids is 1. The molecule has 2 heterocycles. The molecule has 0 radical (unpaired) electrons. The van der Waals surface area contributed by atoms with Gasteiger partial charge in [0.15, 0.2) is 0 Å². The fourth-order valence-electron chi connectivity index (χ4n) is 3.86. The highest BCUT2D eigenvalue weighted by atomic mass is 16.5. The van der Waals surface area contributed by atoms with Crippen LogP contribution in [0.2, 0.25) is 0 Å². The molecule has 1 aliphatic heterocycles. The molecule has 0 spiro atoms. The van der Waals surface area contributed by atoms with Gasteiger partial charge in [-0.15, -0.1) is 0 Å². The van der Waals surface area contributed by atoms with Gasteiger partial charge in [-0.1, -0.05) is 19.9 Å². The molecule has 21 heavy (non-hydrogen) atoms. The lowest BCUT2D eigenvalue weighted by molar-refractivity contribution is -0.222. The van der Waals surface area contributed by atoms with Crippen LogP contribution in [0.4, 0.5) is 5.82 Å². The number of rotatable bonds is 2. The summed E-state index contributed by atoms with van der Waals surface area (Å²) in [5.41, 5.74) is 6.22. The standard InChI is InChI=1S/C16H23N3O2/c1-10-6-4-8-18-13(10)19-14(20)16(17)11-7-5-9-21-12(11)15(16,2)3/h4,6,8,11-12H,5,7,9,17H2,1-3H3,(H,18,19,20). The number of aryl methyl sites for hydroxylation is 1. The number of pyridine rings is 1. The second kappa shape index (κ2) is 4.78. The summed E-state index contributed by atoms with van der Waals surface area (Å²) >= 11 is 0. The van der Waals surface area contributed by atoms with Crippen LogP contribution in [0.5, 0.6) is 0 Å². The van der Waals surface area contributed by atoms with E-state index in [0.717, 1.165) is 25.0 Å². The summed E-state index contributed by atoms with van der Waals surface area (Å²) in [6.07, 6.45) is 3.65. The third-order valence-electron chi connectivity index (χ3n) is 5.30. The molecule has 0 aromatic carbocycles. The van der Waals surface area contributed by atoms with Crippen molar-refractivity contribution in [1.82, 2.24) is 4.98 Å². The Hall–Kier alpha value is -1.46. The van der Waals surface area contributed by atoms with Gasteiger partial charge in [-0.2, -0.15) is 0 Å². The van der Waals surface area contributed by atoms with Crippen molar-refractivity contribution in [2.75, 3.05) is 11.9 Å².